The highest BCUT2D eigenvalue weighted by Crippen LogP contribution is 2.32. The van der Waals surface area contributed by atoms with Crippen molar-refractivity contribution in [1.29, 1.82) is 0 Å². The van der Waals surface area contributed by atoms with Crippen molar-refractivity contribution in [2.75, 3.05) is 6.61 Å². The third kappa shape index (κ3) is 2.62. The fourth-order valence-electron chi connectivity index (χ4n) is 2.13. The Morgan fingerprint density at radius 3 is 2.70 bits per heavy atom. The molecule has 0 saturated carbocycles. The molecule has 0 aliphatic carbocycles. The predicted molar refractivity (Wildman–Crippen MR) is 72.8 cm³/mol. The van der Waals surface area contributed by atoms with E-state index in [4.69, 9.17) is 14.4 Å². The maximum absolute atomic E-state index is 9.69. The number of benzene rings is 1. The van der Waals surface area contributed by atoms with Gasteiger partial charge in [-0.05, 0) is 24.3 Å². The average molecular weight is 341 g/mol. The normalized spacial score (nSPS) is 26.1. The van der Waals surface area contributed by atoms with E-state index in [0.717, 1.165) is 10.0 Å². The van der Waals surface area contributed by atoms with E-state index in [1.54, 1.807) is 0 Å². The van der Waals surface area contributed by atoms with Gasteiger partial charge in [0.15, 0.2) is 0 Å². The summed E-state index contributed by atoms with van der Waals surface area (Å²) in [6.07, 6.45) is -1.44. The third-order valence-corrected chi connectivity index (χ3v) is 3.75. The number of hydrogen-bond donors (Lipinski definition) is 2. The van der Waals surface area contributed by atoms with Gasteiger partial charge in [0.25, 0.3) is 5.89 Å². The molecule has 0 spiro atoms. The van der Waals surface area contributed by atoms with Crippen LogP contribution < -0.4 is 0 Å². The maximum atomic E-state index is 9.69. The van der Waals surface area contributed by atoms with Crippen molar-refractivity contribution in [2.24, 2.45) is 0 Å². The number of aliphatic hydroxyl groups excluding tert-OH is 2. The molecule has 0 radical (unpaired) electrons. The van der Waals surface area contributed by atoms with Crippen LogP contribution in [0.4, 0.5) is 0 Å². The first-order valence-corrected chi connectivity index (χ1v) is 7.00. The highest BCUT2D eigenvalue weighted by Gasteiger charge is 2.37. The lowest BCUT2D eigenvalue weighted by atomic mass is 10.1. The monoisotopic (exact) mass is 340 g/mol. The van der Waals surface area contributed by atoms with Crippen LogP contribution in [0.1, 0.15) is 18.4 Å². The van der Waals surface area contributed by atoms with Gasteiger partial charge in [-0.1, -0.05) is 21.1 Å². The summed E-state index contributed by atoms with van der Waals surface area (Å²) in [5.74, 6) is 0.788. The van der Waals surface area contributed by atoms with Crippen LogP contribution in [0.5, 0.6) is 0 Å². The topological polar surface area (TPSA) is 88.6 Å². The van der Waals surface area contributed by atoms with Crippen LogP contribution in [0, 0.1) is 0 Å². The summed E-state index contributed by atoms with van der Waals surface area (Å²) in [6.45, 7) is -0.231. The standard InChI is InChI=1S/C13H13BrN2O4/c14-8-3-1-7(2-4-8)12-15-13(20-16-12)10-5-9(18)11(6-17)19-10/h1-4,9-11,17-18H,5-6H2/t9-,10+,11+/m0/s1. The second-order valence-corrected chi connectivity index (χ2v) is 5.53. The van der Waals surface area contributed by atoms with Crippen molar-refractivity contribution in [3.63, 3.8) is 0 Å². The first-order valence-electron chi connectivity index (χ1n) is 6.21. The molecule has 0 unspecified atom stereocenters. The fourth-order valence-corrected chi connectivity index (χ4v) is 2.40. The van der Waals surface area contributed by atoms with Crippen molar-refractivity contribution in [3.8, 4) is 11.4 Å². The lowest BCUT2D eigenvalue weighted by Crippen LogP contribution is -2.24. The third-order valence-electron chi connectivity index (χ3n) is 3.22. The lowest BCUT2D eigenvalue weighted by Gasteiger charge is -2.09. The van der Waals surface area contributed by atoms with E-state index >= 15 is 0 Å². The van der Waals surface area contributed by atoms with Crippen LogP contribution in [0.3, 0.4) is 0 Å². The van der Waals surface area contributed by atoms with E-state index in [0.29, 0.717) is 18.1 Å². The number of rotatable bonds is 3. The van der Waals surface area contributed by atoms with Gasteiger partial charge < -0.3 is 19.5 Å². The molecule has 1 aliphatic rings. The maximum Gasteiger partial charge on any atom is 0.256 e. The Morgan fingerprint density at radius 2 is 2.05 bits per heavy atom. The molecule has 106 valence electrons. The van der Waals surface area contributed by atoms with Gasteiger partial charge in [-0.2, -0.15) is 4.98 Å². The molecule has 1 aromatic heterocycles. The summed E-state index contributed by atoms with van der Waals surface area (Å²) >= 11 is 3.36. The number of hydrogen-bond acceptors (Lipinski definition) is 6. The Balaban J connectivity index is 1.79. The quantitative estimate of drug-likeness (QED) is 0.883. The molecule has 1 saturated heterocycles. The summed E-state index contributed by atoms with van der Waals surface area (Å²) < 4.78 is 11.6. The molecule has 3 rings (SSSR count). The van der Waals surface area contributed by atoms with Crippen molar-refractivity contribution in [3.05, 3.63) is 34.6 Å². The van der Waals surface area contributed by atoms with Crippen LogP contribution in [0.15, 0.2) is 33.3 Å². The van der Waals surface area contributed by atoms with Gasteiger partial charge in [0.2, 0.25) is 5.82 Å². The molecule has 2 N–H and O–H groups in total. The van der Waals surface area contributed by atoms with Gasteiger partial charge in [0, 0.05) is 16.5 Å². The molecular formula is C13H13BrN2O4. The van der Waals surface area contributed by atoms with Gasteiger partial charge in [0.1, 0.15) is 12.2 Å². The van der Waals surface area contributed by atoms with Crippen LogP contribution in [0.25, 0.3) is 11.4 Å². The molecular weight excluding hydrogens is 328 g/mol. The molecule has 1 fully saturated rings. The fraction of sp³-hybridized carbons (Fsp3) is 0.385. The Kier molecular flexibility index (Phi) is 3.84. The van der Waals surface area contributed by atoms with Crippen molar-refractivity contribution < 1.29 is 19.5 Å². The Bertz CT molecular complexity index is 586. The average Bonchev–Trinajstić information content (AvgIpc) is 3.06. The van der Waals surface area contributed by atoms with Crippen LogP contribution in [-0.2, 0) is 4.74 Å². The summed E-state index contributed by atoms with van der Waals surface area (Å²) in [6, 6.07) is 7.53. The van der Waals surface area contributed by atoms with E-state index in [2.05, 4.69) is 26.1 Å². The van der Waals surface area contributed by atoms with Gasteiger partial charge in [0.05, 0.1) is 12.7 Å². The van der Waals surface area contributed by atoms with Crippen LogP contribution in [-0.4, -0.2) is 39.2 Å². The molecule has 0 amide bonds. The van der Waals surface area contributed by atoms with E-state index in [9.17, 15) is 5.11 Å². The van der Waals surface area contributed by atoms with Crippen LogP contribution >= 0.6 is 15.9 Å². The minimum absolute atomic E-state index is 0.231. The SMILES string of the molecule is OC[C@H]1O[C@@H](c2nc(-c3ccc(Br)cc3)no2)C[C@@H]1O. The minimum Gasteiger partial charge on any atom is -0.394 e. The molecule has 1 aromatic carbocycles. The zero-order valence-electron chi connectivity index (χ0n) is 10.4. The zero-order valence-corrected chi connectivity index (χ0v) is 12.0. The number of ether oxygens (including phenoxy) is 1. The van der Waals surface area contributed by atoms with Gasteiger partial charge in [-0.3, -0.25) is 0 Å². The zero-order chi connectivity index (χ0) is 14.1. The summed E-state index contributed by atoms with van der Waals surface area (Å²) in [4.78, 5) is 4.28. The summed E-state index contributed by atoms with van der Waals surface area (Å²) in [7, 11) is 0. The lowest BCUT2D eigenvalue weighted by molar-refractivity contribution is -0.0303. The van der Waals surface area contributed by atoms with Crippen molar-refractivity contribution in [2.45, 2.75) is 24.7 Å². The highest BCUT2D eigenvalue weighted by atomic mass is 79.9. The predicted octanol–water partition coefficient (Wildman–Crippen LogP) is 1.68. The molecule has 20 heavy (non-hydrogen) atoms. The molecule has 2 heterocycles. The molecule has 0 bridgehead atoms. The first kappa shape index (κ1) is 13.7. The number of halogens is 1. The van der Waals surface area contributed by atoms with Crippen LogP contribution in [0.2, 0.25) is 0 Å². The number of aromatic nitrogens is 2. The molecule has 6 nitrogen and oxygen atoms in total. The van der Waals surface area contributed by atoms with E-state index in [1.807, 2.05) is 24.3 Å². The van der Waals surface area contributed by atoms with E-state index in [-0.39, 0.29) is 6.61 Å². The van der Waals surface area contributed by atoms with Gasteiger partial charge in [-0.15, -0.1) is 0 Å². The second-order valence-electron chi connectivity index (χ2n) is 4.61. The highest BCUT2D eigenvalue weighted by molar-refractivity contribution is 9.10. The van der Waals surface area contributed by atoms with Gasteiger partial charge >= 0.3 is 0 Å². The smallest absolute Gasteiger partial charge is 0.256 e. The first-order chi connectivity index (χ1) is 9.67. The Labute approximate surface area is 123 Å². The molecule has 2 aromatic rings. The van der Waals surface area contributed by atoms with E-state index in [1.165, 1.54) is 0 Å². The summed E-state index contributed by atoms with van der Waals surface area (Å²) in [5.41, 5.74) is 0.834. The molecule has 3 atom stereocenters. The Hall–Kier alpha value is -1.28. The van der Waals surface area contributed by atoms with Gasteiger partial charge in [-0.25, -0.2) is 0 Å². The largest absolute Gasteiger partial charge is 0.394 e. The van der Waals surface area contributed by atoms with Crippen molar-refractivity contribution in [1.82, 2.24) is 10.1 Å². The van der Waals surface area contributed by atoms with Crippen molar-refractivity contribution >= 4 is 15.9 Å². The Morgan fingerprint density at radius 1 is 1.30 bits per heavy atom. The molecule has 7 heteroatoms. The minimum atomic E-state index is -0.715. The molecule has 1 aliphatic heterocycles. The van der Waals surface area contributed by atoms with E-state index < -0.39 is 18.3 Å². The number of aliphatic hydroxyl groups is 2. The number of nitrogens with zero attached hydrogens (tertiary/aromatic N) is 2. The second kappa shape index (κ2) is 5.61. The summed E-state index contributed by atoms with van der Waals surface area (Å²) in [5, 5.41) is 22.7.